The van der Waals surface area contributed by atoms with Crippen molar-refractivity contribution in [3.05, 3.63) is 51.5 Å². The quantitative estimate of drug-likeness (QED) is 0.469. The van der Waals surface area contributed by atoms with Crippen molar-refractivity contribution < 1.29 is 14.3 Å². The van der Waals surface area contributed by atoms with Gasteiger partial charge < -0.3 is 9.64 Å². The molecule has 1 aromatic heterocycles. The molecule has 144 valence electrons. The number of aromatic nitrogens is 2. The lowest BCUT2D eigenvalue weighted by Crippen LogP contribution is -2.35. The summed E-state index contributed by atoms with van der Waals surface area (Å²) < 4.78 is 7.17. The van der Waals surface area contributed by atoms with E-state index >= 15 is 0 Å². The molecule has 0 aliphatic carbocycles. The average Bonchev–Trinajstić information content (AvgIpc) is 2.63. The van der Waals surface area contributed by atoms with Gasteiger partial charge in [0.25, 0.3) is 11.5 Å². The Kier molecular flexibility index (Phi) is 7.29. The molecule has 0 saturated carbocycles. The largest absolute Gasteiger partial charge is 0.456 e. The van der Waals surface area contributed by atoms with Crippen LogP contribution < -0.4 is 5.56 Å². The fourth-order valence-electron chi connectivity index (χ4n) is 2.51. The Hall–Kier alpha value is -2.48. The number of carbonyl (C=O) groups is 2. The Morgan fingerprint density at radius 3 is 2.78 bits per heavy atom. The van der Waals surface area contributed by atoms with Gasteiger partial charge in [0.2, 0.25) is 0 Å². The highest BCUT2D eigenvalue weighted by Crippen LogP contribution is 2.14. The molecule has 1 heterocycles. The van der Waals surface area contributed by atoms with Crippen LogP contribution in [-0.4, -0.2) is 46.0 Å². The SMILES string of the molecule is C=C(C)CN(CC)C(=O)COC(=O)CCn1cnc2ccc(Br)cc2c1=O. The lowest BCUT2D eigenvalue weighted by Gasteiger charge is -2.20. The van der Waals surface area contributed by atoms with Crippen LogP contribution >= 0.6 is 15.9 Å². The highest BCUT2D eigenvalue weighted by atomic mass is 79.9. The van der Waals surface area contributed by atoms with Crippen molar-refractivity contribution in [1.82, 2.24) is 14.5 Å². The number of aryl methyl sites for hydroxylation is 1. The number of carbonyl (C=O) groups excluding carboxylic acids is 2. The van der Waals surface area contributed by atoms with E-state index in [1.807, 2.05) is 13.8 Å². The maximum Gasteiger partial charge on any atom is 0.308 e. The van der Waals surface area contributed by atoms with Gasteiger partial charge >= 0.3 is 5.97 Å². The molecule has 1 amide bonds. The van der Waals surface area contributed by atoms with Gasteiger partial charge in [0.05, 0.1) is 23.7 Å². The molecular weight excluding hydrogens is 414 g/mol. The average molecular weight is 436 g/mol. The molecular formula is C19H22BrN3O4. The van der Waals surface area contributed by atoms with Gasteiger partial charge in [-0.25, -0.2) is 4.98 Å². The Labute approximate surface area is 165 Å². The van der Waals surface area contributed by atoms with Gasteiger partial charge in [-0.05, 0) is 32.0 Å². The van der Waals surface area contributed by atoms with Crippen LogP contribution in [0.15, 0.2) is 45.9 Å². The van der Waals surface area contributed by atoms with Crippen LogP contribution in [0.25, 0.3) is 10.9 Å². The number of amides is 1. The smallest absolute Gasteiger partial charge is 0.308 e. The summed E-state index contributed by atoms with van der Waals surface area (Å²) in [7, 11) is 0. The van der Waals surface area contributed by atoms with Crippen LogP contribution in [0.3, 0.4) is 0 Å². The Morgan fingerprint density at radius 2 is 2.11 bits per heavy atom. The maximum atomic E-state index is 12.5. The van der Waals surface area contributed by atoms with E-state index in [-0.39, 0.29) is 31.0 Å². The molecule has 7 nitrogen and oxygen atoms in total. The molecule has 8 heteroatoms. The molecule has 0 fully saturated rings. The maximum absolute atomic E-state index is 12.5. The summed E-state index contributed by atoms with van der Waals surface area (Å²) in [5.74, 6) is -0.820. The van der Waals surface area contributed by atoms with Crippen LogP contribution in [-0.2, 0) is 20.9 Å². The first-order valence-corrected chi connectivity index (χ1v) is 9.33. The minimum atomic E-state index is -0.545. The lowest BCUT2D eigenvalue weighted by molar-refractivity contribution is -0.152. The molecule has 2 rings (SSSR count). The van der Waals surface area contributed by atoms with Crippen LogP contribution in [0, 0.1) is 0 Å². The summed E-state index contributed by atoms with van der Waals surface area (Å²) in [6.07, 6.45) is 1.38. The topological polar surface area (TPSA) is 81.5 Å². The van der Waals surface area contributed by atoms with Crippen molar-refractivity contribution in [2.75, 3.05) is 19.7 Å². The number of ether oxygens (including phenoxy) is 1. The van der Waals surface area contributed by atoms with E-state index in [2.05, 4.69) is 27.5 Å². The van der Waals surface area contributed by atoms with Crippen molar-refractivity contribution >= 4 is 38.7 Å². The number of hydrogen-bond donors (Lipinski definition) is 0. The van der Waals surface area contributed by atoms with Gasteiger partial charge in [-0.15, -0.1) is 0 Å². The Balaban J connectivity index is 1.93. The highest BCUT2D eigenvalue weighted by Gasteiger charge is 2.14. The fraction of sp³-hybridized carbons (Fsp3) is 0.368. The van der Waals surface area contributed by atoms with Gasteiger partial charge in [0.15, 0.2) is 6.61 Å². The summed E-state index contributed by atoms with van der Waals surface area (Å²) in [6.45, 7) is 8.20. The summed E-state index contributed by atoms with van der Waals surface area (Å²) in [5, 5.41) is 0.466. The molecule has 0 saturated heterocycles. The number of hydrogen-bond acceptors (Lipinski definition) is 5. The van der Waals surface area contributed by atoms with E-state index in [9.17, 15) is 14.4 Å². The predicted octanol–water partition coefficient (Wildman–Crippen LogP) is 2.52. The normalized spacial score (nSPS) is 10.6. The highest BCUT2D eigenvalue weighted by molar-refractivity contribution is 9.10. The summed E-state index contributed by atoms with van der Waals surface area (Å²) >= 11 is 3.33. The van der Waals surface area contributed by atoms with E-state index in [1.165, 1.54) is 10.9 Å². The molecule has 0 atom stereocenters. The second kappa shape index (κ2) is 9.45. The van der Waals surface area contributed by atoms with Crippen molar-refractivity contribution in [3.8, 4) is 0 Å². The predicted molar refractivity (Wildman–Crippen MR) is 106 cm³/mol. The monoisotopic (exact) mass is 435 g/mol. The summed E-state index contributed by atoms with van der Waals surface area (Å²) in [6, 6.07) is 5.25. The number of esters is 1. The van der Waals surface area contributed by atoms with Crippen molar-refractivity contribution in [2.45, 2.75) is 26.8 Å². The number of fused-ring (bicyclic) bond motifs is 1. The molecule has 2 aromatic rings. The minimum Gasteiger partial charge on any atom is -0.456 e. The Bertz CT molecular complexity index is 923. The van der Waals surface area contributed by atoms with E-state index in [1.54, 1.807) is 23.1 Å². The lowest BCUT2D eigenvalue weighted by atomic mass is 10.2. The Morgan fingerprint density at radius 1 is 1.37 bits per heavy atom. The first-order chi connectivity index (χ1) is 12.8. The van der Waals surface area contributed by atoms with Gasteiger partial charge in [0.1, 0.15) is 0 Å². The standard InChI is InChI=1S/C19H22BrN3O4/c1-4-22(10-13(2)3)17(24)11-27-18(25)7-8-23-12-21-16-6-5-14(20)9-15(16)19(23)26/h5-6,9,12H,2,4,7-8,10-11H2,1,3H3. The molecule has 0 unspecified atom stereocenters. The molecule has 0 aliphatic heterocycles. The molecule has 27 heavy (non-hydrogen) atoms. The third-order valence-electron chi connectivity index (χ3n) is 3.89. The molecule has 0 spiro atoms. The zero-order chi connectivity index (χ0) is 20.0. The van der Waals surface area contributed by atoms with E-state index in [0.717, 1.165) is 10.0 Å². The van der Waals surface area contributed by atoms with Gasteiger partial charge in [-0.1, -0.05) is 28.1 Å². The van der Waals surface area contributed by atoms with Crippen molar-refractivity contribution in [1.29, 1.82) is 0 Å². The number of halogens is 1. The number of likely N-dealkylation sites (N-methyl/N-ethyl adjacent to an activating group) is 1. The molecule has 1 aromatic carbocycles. The van der Waals surface area contributed by atoms with Crippen molar-refractivity contribution in [2.24, 2.45) is 0 Å². The summed E-state index contributed by atoms with van der Waals surface area (Å²) in [4.78, 5) is 42.2. The van der Waals surface area contributed by atoms with E-state index < -0.39 is 5.97 Å². The zero-order valence-electron chi connectivity index (χ0n) is 15.4. The van der Waals surface area contributed by atoms with Crippen LogP contribution in [0.2, 0.25) is 0 Å². The van der Waals surface area contributed by atoms with E-state index in [4.69, 9.17) is 4.74 Å². The zero-order valence-corrected chi connectivity index (χ0v) is 17.0. The molecule has 0 bridgehead atoms. The van der Waals surface area contributed by atoms with Gasteiger partial charge in [0, 0.05) is 24.1 Å². The van der Waals surface area contributed by atoms with Gasteiger partial charge in [-0.2, -0.15) is 0 Å². The second-order valence-corrected chi connectivity index (χ2v) is 7.10. The van der Waals surface area contributed by atoms with Crippen LogP contribution in [0.1, 0.15) is 20.3 Å². The van der Waals surface area contributed by atoms with Crippen LogP contribution in [0.4, 0.5) is 0 Å². The fourth-order valence-corrected chi connectivity index (χ4v) is 2.87. The third-order valence-corrected chi connectivity index (χ3v) is 4.39. The van der Waals surface area contributed by atoms with Crippen LogP contribution in [0.5, 0.6) is 0 Å². The minimum absolute atomic E-state index is 0.0268. The van der Waals surface area contributed by atoms with Crippen molar-refractivity contribution in [3.63, 3.8) is 0 Å². The van der Waals surface area contributed by atoms with E-state index in [0.29, 0.717) is 24.0 Å². The third kappa shape index (κ3) is 5.75. The first-order valence-electron chi connectivity index (χ1n) is 8.54. The number of rotatable bonds is 8. The number of benzene rings is 1. The molecule has 0 aliphatic rings. The molecule has 0 radical (unpaired) electrons. The first kappa shape index (κ1) is 20.8. The number of nitrogens with zero attached hydrogens (tertiary/aromatic N) is 3. The molecule has 0 N–H and O–H groups in total. The second-order valence-electron chi connectivity index (χ2n) is 6.18. The summed E-state index contributed by atoms with van der Waals surface area (Å²) in [5.41, 5.74) is 1.21. The van der Waals surface area contributed by atoms with Gasteiger partial charge in [-0.3, -0.25) is 19.0 Å².